The molecule has 0 spiro atoms. The van der Waals surface area contributed by atoms with Gasteiger partial charge in [0.1, 0.15) is 0 Å². The molecule has 3 rings (SSSR count). The molecule has 3 aromatic rings. The van der Waals surface area contributed by atoms with Gasteiger partial charge < -0.3 is 14.2 Å². The van der Waals surface area contributed by atoms with E-state index >= 15 is 0 Å². The van der Waals surface area contributed by atoms with Gasteiger partial charge in [-0.3, -0.25) is 4.79 Å². The third kappa shape index (κ3) is 4.32. The lowest BCUT2D eigenvalue weighted by Crippen LogP contribution is -2.25. The Labute approximate surface area is 143 Å². The molecule has 0 atom stereocenters. The summed E-state index contributed by atoms with van der Waals surface area (Å²) in [6.45, 7) is 0.208. The van der Waals surface area contributed by atoms with Crippen LogP contribution in [0.5, 0.6) is 0 Å². The van der Waals surface area contributed by atoms with E-state index in [0.29, 0.717) is 5.56 Å². The van der Waals surface area contributed by atoms with Gasteiger partial charge >= 0.3 is 5.22 Å². The molecule has 0 bridgehead atoms. The Morgan fingerprint density at radius 2 is 1.88 bits per heavy atom. The molecule has 1 N–H and O–H groups in total. The van der Waals surface area contributed by atoms with Crippen molar-refractivity contribution in [2.24, 2.45) is 0 Å². The Hall–Kier alpha value is -2.94. The van der Waals surface area contributed by atoms with Gasteiger partial charge in [-0.15, -0.1) is 5.10 Å². The van der Waals surface area contributed by atoms with E-state index in [0.717, 1.165) is 0 Å². The number of hydrogen-bond acceptors (Lipinski definition) is 7. The van der Waals surface area contributed by atoms with Crippen LogP contribution in [0.1, 0.15) is 22.0 Å². The summed E-state index contributed by atoms with van der Waals surface area (Å²) >= 11 is 0. The van der Waals surface area contributed by atoms with Crippen molar-refractivity contribution in [1.82, 2.24) is 15.5 Å². The Morgan fingerprint density at radius 1 is 1.08 bits per heavy atom. The van der Waals surface area contributed by atoms with E-state index in [2.05, 4.69) is 15.5 Å². The lowest BCUT2D eigenvalue weighted by atomic mass is 10.2. The van der Waals surface area contributed by atoms with Crippen molar-refractivity contribution in [2.75, 3.05) is 6.54 Å². The molecule has 1 amide bonds. The van der Waals surface area contributed by atoms with Crippen molar-refractivity contribution < 1.29 is 22.0 Å². The van der Waals surface area contributed by atoms with Gasteiger partial charge in [0.05, 0.1) is 12.0 Å². The summed E-state index contributed by atoms with van der Waals surface area (Å²) in [6, 6.07) is 11.9. The third-order valence-electron chi connectivity index (χ3n) is 3.28. The van der Waals surface area contributed by atoms with Gasteiger partial charge in [0.25, 0.3) is 5.91 Å². The smallest absolute Gasteiger partial charge is 0.335 e. The molecule has 0 unspecified atom stereocenters. The molecule has 0 fully saturated rings. The number of amides is 1. The zero-order valence-electron chi connectivity index (χ0n) is 13.1. The Kier molecular flexibility index (Phi) is 4.94. The topological polar surface area (TPSA) is 115 Å². The maximum absolute atomic E-state index is 12.3. The van der Waals surface area contributed by atoms with E-state index in [9.17, 15) is 13.2 Å². The summed E-state index contributed by atoms with van der Waals surface area (Å²) in [5.74, 6) is -0.269. The molecule has 25 heavy (non-hydrogen) atoms. The number of nitrogens with one attached hydrogen (secondary N) is 1. The van der Waals surface area contributed by atoms with Crippen molar-refractivity contribution in [3.63, 3.8) is 0 Å². The van der Waals surface area contributed by atoms with Gasteiger partial charge in [0.2, 0.25) is 15.7 Å². The fourth-order valence-electron chi connectivity index (χ4n) is 2.10. The van der Waals surface area contributed by atoms with Gasteiger partial charge in [-0.2, -0.15) is 0 Å². The molecule has 1 aromatic carbocycles. The molecule has 0 saturated carbocycles. The summed E-state index contributed by atoms with van der Waals surface area (Å²) in [5, 5.41) is 9.49. The van der Waals surface area contributed by atoms with Crippen LogP contribution in [0.4, 0.5) is 0 Å². The molecule has 8 nitrogen and oxygen atoms in total. The maximum atomic E-state index is 12.3. The van der Waals surface area contributed by atoms with Crippen LogP contribution in [-0.4, -0.2) is 31.1 Å². The molecular formula is C16H15N3O5S. The van der Waals surface area contributed by atoms with E-state index < -0.39 is 15.1 Å². The molecule has 0 saturated heterocycles. The maximum Gasteiger partial charge on any atom is 0.335 e. The lowest BCUT2D eigenvalue weighted by Gasteiger charge is -2.00. The monoisotopic (exact) mass is 361 g/mol. The van der Waals surface area contributed by atoms with Gasteiger partial charge in [-0.1, -0.05) is 35.4 Å². The zero-order valence-corrected chi connectivity index (χ0v) is 13.9. The van der Waals surface area contributed by atoms with Crippen LogP contribution in [0.3, 0.4) is 0 Å². The highest BCUT2D eigenvalue weighted by Crippen LogP contribution is 2.15. The molecule has 9 heteroatoms. The van der Waals surface area contributed by atoms with Crippen molar-refractivity contribution in [3.8, 4) is 0 Å². The molecule has 0 aliphatic carbocycles. The fourth-order valence-corrected chi connectivity index (χ4v) is 3.24. The fraction of sp³-hybridized carbons (Fsp3) is 0.188. The zero-order chi connectivity index (χ0) is 17.7. The second kappa shape index (κ2) is 7.31. The second-order valence-electron chi connectivity index (χ2n) is 5.19. The standard InChI is InChI=1S/C16H15N3O5S/c20-15(13-7-4-10-23-13)17-9-8-14-18-19-16(24-14)25(21,22)11-12-5-2-1-3-6-12/h1-7,10H,8-9,11H2,(H,17,20). The average Bonchev–Trinajstić information content (AvgIpc) is 3.27. The minimum absolute atomic E-state index is 0.131. The van der Waals surface area contributed by atoms with Crippen LogP contribution in [-0.2, 0) is 22.0 Å². The van der Waals surface area contributed by atoms with Gasteiger partial charge in [0, 0.05) is 13.0 Å². The number of furan rings is 1. The molecule has 0 aliphatic heterocycles. The number of benzene rings is 1. The second-order valence-corrected chi connectivity index (χ2v) is 7.06. The predicted molar refractivity (Wildman–Crippen MR) is 86.4 cm³/mol. The summed E-state index contributed by atoms with van der Waals surface area (Å²) in [4.78, 5) is 11.7. The van der Waals surface area contributed by atoms with Crippen LogP contribution in [0, 0.1) is 0 Å². The average molecular weight is 361 g/mol. The first kappa shape index (κ1) is 16.9. The van der Waals surface area contributed by atoms with E-state index in [1.54, 1.807) is 36.4 Å². The van der Waals surface area contributed by atoms with Gasteiger partial charge in [0.15, 0.2) is 5.76 Å². The van der Waals surface area contributed by atoms with Crippen molar-refractivity contribution in [3.05, 3.63) is 65.9 Å². The number of carbonyl (C=O) groups excluding carboxylic acids is 1. The first-order chi connectivity index (χ1) is 12.0. The first-order valence-corrected chi connectivity index (χ1v) is 9.10. The van der Waals surface area contributed by atoms with Gasteiger partial charge in [-0.25, -0.2) is 8.42 Å². The summed E-state index contributed by atoms with van der Waals surface area (Å²) in [5.41, 5.74) is 0.632. The number of sulfone groups is 1. The van der Waals surface area contributed by atoms with Crippen molar-refractivity contribution in [1.29, 1.82) is 0 Å². The van der Waals surface area contributed by atoms with Crippen molar-refractivity contribution in [2.45, 2.75) is 17.4 Å². The summed E-state index contributed by atoms with van der Waals surface area (Å²) in [6.07, 6.45) is 1.61. The molecule has 130 valence electrons. The highest BCUT2D eigenvalue weighted by Gasteiger charge is 2.23. The van der Waals surface area contributed by atoms with Crippen LogP contribution >= 0.6 is 0 Å². The third-order valence-corrected chi connectivity index (χ3v) is 4.69. The molecule has 2 aromatic heterocycles. The Bertz CT molecular complexity index is 933. The SMILES string of the molecule is O=C(NCCc1nnc(S(=O)(=O)Cc2ccccc2)o1)c1ccco1. The minimum atomic E-state index is -3.71. The largest absolute Gasteiger partial charge is 0.459 e. The van der Waals surface area contributed by atoms with Crippen LogP contribution < -0.4 is 5.32 Å². The number of rotatable bonds is 7. The molecule has 2 heterocycles. The number of carbonyl (C=O) groups is 1. The summed E-state index contributed by atoms with van der Waals surface area (Å²) in [7, 11) is -3.71. The number of hydrogen-bond donors (Lipinski definition) is 1. The molecule has 0 radical (unpaired) electrons. The molecule has 0 aliphatic rings. The van der Waals surface area contributed by atoms with E-state index in [1.807, 2.05) is 0 Å². The van der Waals surface area contributed by atoms with Crippen LogP contribution in [0.15, 0.2) is 62.8 Å². The highest BCUT2D eigenvalue weighted by molar-refractivity contribution is 7.90. The highest BCUT2D eigenvalue weighted by atomic mass is 32.2. The van der Waals surface area contributed by atoms with Crippen molar-refractivity contribution >= 4 is 15.7 Å². The van der Waals surface area contributed by atoms with Crippen LogP contribution in [0.2, 0.25) is 0 Å². The Balaban J connectivity index is 1.57. The lowest BCUT2D eigenvalue weighted by molar-refractivity contribution is 0.0926. The number of nitrogens with zero attached hydrogens (tertiary/aromatic N) is 2. The van der Waals surface area contributed by atoms with Crippen LogP contribution in [0.25, 0.3) is 0 Å². The first-order valence-electron chi connectivity index (χ1n) is 7.45. The minimum Gasteiger partial charge on any atom is -0.459 e. The van der Waals surface area contributed by atoms with E-state index in [1.165, 1.54) is 12.3 Å². The summed E-state index contributed by atoms with van der Waals surface area (Å²) < 4.78 is 34.7. The number of aromatic nitrogens is 2. The Morgan fingerprint density at radius 3 is 2.60 bits per heavy atom. The quantitative estimate of drug-likeness (QED) is 0.679. The van der Waals surface area contributed by atoms with E-state index in [4.69, 9.17) is 8.83 Å². The van der Waals surface area contributed by atoms with E-state index in [-0.39, 0.29) is 36.3 Å². The normalized spacial score (nSPS) is 11.4. The molecular weight excluding hydrogens is 346 g/mol. The predicted octanol–water partition coefficient (Wildman–Crippen LogP) is 1.61. The van der Waals surface area contributed by atoms with Gasteiger partial charge in [-0.05, 0) is 17.7 Å².